The lowest BCUT2D eigenvalue weighted by Gasteiger charge is -2.26. The highest BCUT2D eigenvalue weighted by Crippen LogP contribution is 2.36. The monoisotopic (exact) mass is 366 g/mol. The number of thioether (sulfide) groups is 1. The van der Waals surface area contributed by atoms with E-state index in [9.17, 15) is 14.7 Å². The van der Waals surface area contributed by atoms with E-state index in [2.05, 4.69) is 0 Å². The SMILES string of the molecule is CC[C@H](C(=O)[O-])N1C(=O)/C(=C\c2cc(OC)ccc2OC)SC1=S. The van der Waals surface area contributed by atoms with Gasteiger partial charge in [0.1, 0.15) is 15.8 Å². The van der Waals surface area contributed by atoms with Crippen LogP contribution in [0.2, 0.25) is 0 Å². The van der Waals surface area contributed by atoms with Crippen LogP contribution in [0.1, 0.15) is 18.9 Å². The van der Waals surface area contributed by atoms with Crippen LogP contribution >= 0.6 is 24.0 Å². The van der Waals surface area contributed by atoms with Crippen molar-refractivity contribution in [2.24, 2.45) is 0 Å². The molecule has 0 unspecified atom stereocenters. The first kappa shape index (κ1) is 18.3. The molecule has 1 atom stereocenters. The zero-order chi connectivity index (χ0) is 17.9. The minimum absolute atomic E-state index is 0.198. The van der Waals surface area contributed by atoms with Gasteiger partial charge in [0.25, 0.3) is 5.91 Å². The Bertz CT molecular complexity index is 716. The van der Waals surface area contributed by atoms with E-state index in [1.807, 2.05) is 0 Å². The van der Waals surface area contributed by atoms with E-state index in [1.54, 1.807) is 31.2 Å². The highest BCUT2D eigenvalue weighted by Gasteiger charge is 2.37. The normalized spacial score (nSPS) is 17.3. The fraction of sp³-hybridized carbons (Fsp3) is 0.312. The minimum Gasteiger partial charge on any atom is -0.548 e. The fourth-order valence-electron chi connectivity index (χ4n) is 2.30. The largest absolute Gasteiger partial charge is 0.548 e. The van der Waals surface area contributed by atoms with Crippen LogP contribution in [0.25, 0.3) is 6.08 Å². The van der Waals surface area contributed by atoms with Gasteiger partial charge in [0, 0.05) is 5.56 Å². The van der Waals surface area contributed by atoms with Crippen molar-refractivity contribution in [2.45, 2.75) is 19.4 Å². The molecule has 1 saturated heterocycles. The van der Waals surface area contributed by atoms with E-state index in [1.165, 1.54) is 14.2 Å². The molecule has 1 aromatic rings. The molecule has 0 bridgehead atoms. The van der Waals surface area contributed by atoms with Crippen molar-refractivity contribution in [1.82, 2.24) is 4.90 Å². The van der Waals surface area contributed by atoms with Gasteiger partial charge in [-0.05, 0) is 30.7 Å². The van der Waals surface area contributed by atoms with E-state index in [-0.39, 0.29) is 10.7 Å². The van der Waals surface area contributed by atoms with Gasteiger partial charge in [0.2, 0.25) is 0 Å². The van der Waals surface area contributed by atoms with Gasteiger partial charge in [-0.1, -0.05) is 30.9 Å². The summed E-state index contributed by atoms with van der Waals surface area (Å²) in [6, 6.07) is 4.11. The lowest BCUT2D eigenvalue weighted by molar-refractivity contribution is -0.310. The van der Waals surface area contributed by atoms with E-state index in [0.29, 0.717) is 22.0 Å². The van der Waals surface area contributed by atoms with Gasteiger partial charge in [-0.15, -0.1) is 0 Å². The number of benzene rings is 1. The van der Waals surface area contributed by atoms with Crippen LogP contribution in [0.4, 0.5) is 0 Å². The molecule has 1 aliphatic rings. The lowest BCUT2D eigenvalue weighted by atomic mass is 10.1. The zero-order valence-corrected chi connectivity index (χ0v) is 15.0. The highest BCUT2D eigenvalue weighted by molar-refractivity contribution is 8.26. The molecule has 0 radical (unpaired) electrons. The standard InChI is InChI=1S/C16H17NO5S2/c1-4-11(15(19)20)17-14(18)13(24-16(17)23)8-9-7-10(21-2)5-6-12(9)22-3/h5-8,11H,4H2,1-3H3,(H,19,20)/p-1/b13-8+/t11-/m1/s1. The maximum atomic E-state index is 12.6. The molecular weight excluding hydrogens is 350 g/mol. The second-order valence-electron chi connectivity index (χ2n) is 4.90. The summed E-state index contributed by atoms with van der Waals surface area (Å²) in [6.45, 7) is 1.66. The van der Waals surface area contributed by atoms with Crippen LogP contribution in [0.3, 0.4) is 0 Å². The van der Waals surface area contributed by atoms with Crippen molar-refractivity contribution in [2.75, 3.05) is 14.2 Å². The summed E-state index contributed by atoms with van der Waals surface area (Å²) in [7, 11) is 3.06. The van der Waals surface area contributed by atoms with Gasteiger partial charge in [0.05, 0.1) is 31.1 Å². The molecule has 128 valence electrons. The van der Waals surface area contributed by atoms with E-state index in [0.717, 1.165) is 16.7 Å². The number of carbonyl (C=O) groups excluding carboxylic acids is 2. The molecule has 2 rings (SSSR count). The maximum Gasteiger partial charge on any atom is 0.266 e. The molecule has 8 heteroatoms. The van der Waals surface area contributed by atoms with Crippen LogP contribution in [0.5, 0.6) is 11.5 Å². The average molecular weight is 366 g/mol. The highest BCUT2D eigenvalue weighted by atomic mass is 32.2. The molecule has 0 spiro atoms. The Labute approximate surface area is 149 Å². The number of carboxylic acids is 1. The smallest absolute Gasteiger partial charge is 0.266 e. The second kappa shape index (κ2) is 7.67. The molecule has 1 fully saturated rings. The molecule has 0 aliphatic carbocycles. The number of methoxy groups -OCH3 is 2. The number of nitrogens with zero attached hydrogens (tertiary/aromatic N) is 1. The molecule has 0 aromatic heterocycles. The Balaban J connectivity index is 2.40. The Morgan fingerprint density at radius 3 is 2.67 bits per heavy atom. The summed E-state index contributed by atoms with van der Waals surface area (Å²) in [5, 5.41) is 11.2. The number of hydrogen-bond donors (Lipinski definition) is 0. The van der Waals surface area contributed by atoms with Gasteiger partial charge in [-0.25, -0.2) is 0 Å². The molecular formula is C16H16NO5S2-. The molecule has 1 heterocycles. The number of aliphatic carboxylic acids is 1. The topological polar surface area (TPSA) is 78.9 Å². The molecule has 6 nitrogen and oxygen atoms in total. The van der Waals surface area contributed by atoms with Gasteiger partial charge in [0.15, 0.2) is 0 Å². The Morgan fingerprint density at radius 1 is 1.42 bits per heavy atom. The van der Waals surface area contributed by atoms with Gasteiger partial charge in [-0.2, -0.15) is 0 Å². The summed E-state index contributed by atoms with van der Waals surface area (Å²) in [5.74, 6) is -0.605. The maximum absolute atomic E-state index is 12.6. The average Bonchev–Trinajstić information content (AvgIpc) is 2.83. The van der Waals surface area contributed by atoms with Crippen LogP contribution < -0.4 is 14.6 Å². The predicted octanol–water partition coefficient (Wildman–Crippen LogP) is 1.43. The third kappa shape index (κ3) is 3.54. The first-order chi connectivity index (χ1) is 11.4. The quantitative estimate of drug-likeness (QED) is 0.557. The summed E-state index contributed by atoms with van der Waals surface area (Å²) >= 11 is 6.21. The number of ether oxygens (including phenoxy) is 2. The second-order valence-corrected chi connectivity index (χ2v) is 6.58. The van der Waals surface area contributed by atoms with Crippen LogP contribution in [0.15, 0.2) is 23.1 Å². The number of carbonyl (C=O) groups is 2. The Kier molecular flexibility index (Phi) is 5.84. The van der Waals surface area contributed by atoms with E-state index < -0.39 is 17.9 Å². The summed E-state index contributed by atoms with van der Waals surface area (Å²) in [4.78, 5) is 25.2. The van der Waals surface area contributed by atoms with E-state index >= 15 is 0 Å². The van der Waals surface area contributed by atoms with Crippen molar-refractivity contribution in [3.05, 3.63) is 28.7 Å². The Hall–Kier alpha value is -2.06. The van der Waals surface area contributed by atoms with Crippen molar-refractivity contribution in [1.29, 1.82) is 0 Å². The number of hydrogen-bond acceptors (Lipinski definition) is 7. The third-order valence-electron chi connectivity index (χ3n) is 3.52. The van der Waals surface area contributed by atoms with Crippen molar-refractivity contribution in [3.8, 4) is 11.5 Å². The molecule has 1 aliphatic heterocycles. The number of amides is 1. The molecule has 1 amide bonds. The van der Waals surface area contributed by atoms with Crippen molar-refractivity contribution < 1.29 is 24.2 Å². The third-order valence-corrected chi connectivity index (χ3v) is 4.85. The van der Waals surface area contributed by atoms with E-state index in [4.69, 9.17) is 21.7 Å². The number of carboxylic acid groups (broad SMARTS) is 1. The van der Waals surface area contributed by atoms with Crippen molar-refractivity contribution >= 4 is 46.3 Å². The zero-order valence-electron chi connectivity index (χ0n) is 13.4. The summed E-state index contributed by atoms with van der Waals surface area (Å²) in [5.41, 5.74) is 0.638. The summed E-state index contributed by atoms with van der Waals surface area (Å²) in [6.07, 6.45) is 1.83. The van der Waals surface area contributed by atoms with Gasteiger partial charge >= 0.3 is 0 Å². The van der Waals surface area contributed by atoms with Crippen LogP contribution in [0, 0.1) is 0 Å². The van der Waals surface area contributed by atoms with Gasteiger partial charge in [-0.3, -0.25) is 9.69 Å². The van der Waals surface area contributed by atoms with Gasteiger partial charge < -0.3 is 19.4 Å². The summed E-state index contributed by atoms with van der Waals surface area (Å²) < 4.78 is 10.7. The van der Waals surface area contributed by atoms with Crippen LogP contribution in [-0.4, -0.2) is 41.4 Å². The minimum atomic E-state index is -1.32. The fourth-order valence-corrected chi connectivity index (χ4v) is 3.64. The van der Waals surface area contributed by atoms with Crippen LogP contribution in [-0.2, 0) is 9.59 Å². The molecule has 0 N–H and O–H groups in total. The Morgan fingerprint density at radius 2 is 2.12 bits per heavy atom. The first-order valence-electron chi connectivity index (χ1n) is 7.12. The first-order valence-corrected chi connectivity index (χ1v) is 8.35. The number of thiocarbonyl (C=S) groups is 1. The molecule has 1 aromatic carbocycles. The molecule has 0 saturated carbocycles. The lowest BCUT2D eigenvalue weighted by Crippen LogP contribution is -2.49. The molecule has 24 heavy (non-hydrogen) atoms. The predicted molar refractivity (Wildman–Crippen MR) is 93.6 cm³/mol. The van der Waals surface area contributed by atoms with Crippen molar-refractivity contribution in [3.63, 3.8) is 0 Å². The number of rotatable bonds is 6.